The van der Waals surface area contributed by atoms with E-state index in [1.54, 1.807) is 0 Å². The van der Waals surface area contributed by atoms with Crippen LogP contribution in [0.5, 0.6) is 5.75 Å². The average Bonchev–Trinajstić information content (AvgIpc) is 3.18. The minimum Gasteiger partial charge on any atom is -0.494 e. The highest BCUT2D eigenvalue weighted by Crippen LogP contribution is 2.52. The highest BCUT2D eigenvalue weighted by Gasteiger charge is 2.55. The number of benzene rings is 1. The first-order valence-electron chi connectivity index (χ1n) is 11.6. The van der Waals surface area contributed by atoms with Gasteiger partial charge in [0.25, 0.3) is 0 Å². The third kappa shape index (κ3) is 5.49. The van der Waals surface area contributed by atoms with Gasteiger partial charge in [0.1, 0.15) is 5.75 Å². The molecular weight excluding hydrogens is 348 g/mol. The standard InChI is InChI=1S/C24H38N2O2/c1-2-14-28-21-9-7-20(8-10-21)16-26-17-22-23(18-26)24(22)19-27-15-6-13-25-11-4-3-5-12-25/h7-10,22-24H,2-6,11-19H2,1H3. The van der Waals surface area contributed by atoms with E-state index in [-0.39, 0.29) is 0 Å². The summed E-state index contributed by atoms with van der Waals surface area (Å²) in [7, 11) is 0. The van der Waals surface area contributed by atoms with Crippen LogP contribution in [0.25, 0.3) is 0 Å². The normalized spacial score (nSPS) is 27.7. The van der Waals surface area contributed by atoms with Crippen LogP contribution >= 0.6 is 0 Å². The Labute approximate surface area is 171 Å². The summed E-state index contributed by atoms with van der Waals surface area (Å²) in [6, 6.07) is 8.67. The van der Waals surface area contributed by atoms with E-state index in [2.05, 4.69) is 41.0 Å². The number of likely N-dealkylation sites (tertiary alicyclic amines) is 2. The molecule has 2 aliphatic heterocycles. The molecule has 2 heterocycles. The zero-order valence-electron chi connectivity index (χ0n) is 17.7. The fraction of sp³-hybridized carbons (Fsp3) is 0.750. The van der Waals surface area contributed by atoms with Gasteiger partial charge in [0.15, 0.2) is 0 Å². The summed E-state index contributed by atoms with van der Waals surface area (Å²) in [5.74, 6) is 3.59. The van der Waals surface area contributed by atoms with Crippen LogP contribution in [-0.2, 0) is 11.3 Å². The van der Waals surface area contributed by atoms with Crippen LogP contribution in [0, 0.1) is 17.8 Å². The van der Waals surface area contributed by atoms with Gasteiger partial charge < -0.3 is 14.4 Å². The Morgan fingerprint density at radius 3 is 2.39 bits per heavy atom. The molecule has 156 valence electrons. The maximum Gasteiger partial charge on any atom is 0.119 e. The highest BCUT2D eigenvalue weighted by atomic mass is 16.5. The lowest BCUT2D eigenvalue weighted by Gasteiger charge is -2.26. The van der Waals surface area contributed by atoms with E-state index in [1.165, 1.54) is 64.0 Å². The van der Waals surface area contributed by atoms with Gasteiger partial charge in [-0.2, -0.15) is 0 Å². The predicted octanol–water partition coefficient (Wildman–Crippen LogP) is 4.05. The van der Waals surface area contributed by atoms with E-state index in [4.69, 9.17) is 9.47 Å². The molecule has 0 spiro atoms. The van der Waals surface area contributed by atoms with Gasteiger partial charge in [-0.05, 0) is 74.2 Å². The van der Waals surface area contributed by atoms with Crippen molar-refractivity contribution >= 4 is 0 Å². The van der Waals surface area contributed by atoms with E-state index in [1.807, 2.05) is 0 Å². The number of rotatable bonds is 11. The van der Waals surface area contributed by atoms with Crippen molar-refractivity contribution in [1.29, 1.82) is 0 Å². The van der Waals surface area contributed by atoms with Crippen molar-refractivity contribution in [3.05, 3.63) is 29.8 Å². The molecule has 3 fully saturated rings. The molecule has 4 heteroatoms. The van der Waals surface area contributed by atoms with Crippen LogP contribution in [0.15, 0.2) is 24.3 Å². The second kappa shape index (κ2) is 10.1. The second-order valence-corrected chi connectivity index (χ2v) is 9.01. The number of nitrogens with zero attached hydrogens (tertiary/aromatic N) is 2. The van der Waals surface area contributed by atoms with Gasteiger partial charge in [-0.3, -0.25) is 4.90 Å². The fourth-order valence-electron chi connectivity index (χ4n) is 5.07. The Hall–Kier alpha value is -1.10. The molecule has 0 amide bonds. The second-order valence-electron chi connectivity index (χ2n) is 9.01. The molecule has 1 aromatic carbocycles. The Kier molecular flexibility index (Phi) is 7.27. The van der Waals surface area contributed by atoms with Gasteiger partial charge in [0.05, 0.1) is 13.2 Å². The van der Waals surface area contributed by atoms with Gasteiger partial charge in [-0.25, -0.2) is 0 Å². The highest BCUT2D eigenvalue weighted by molar-refractivity contribution is 5.27. The lowest BCUT2D eigenvalue weighted by Crippen LogP contribution is -2.31. The first-order chi connectivity index (χ1) is 13.8. The Morgan fingerprint density at radius 1 is 0.929 bits per heavy atom. The molecule has 2 unspecified atom stereocenters. The molecule has 0 aromatic heterocycles. The first kappa shape index (κ1) is 20.2. The van der Waals surface area contributed by atoms with Crippen LogP contribution < -0.4 is 4.74 Å². The third-order valence-corrected chi connectivity index (χ3v) is 6.77. The van der Waals surface area contributed by atoms with Crippen molar-refractivity contribution < 1.29 is 9.47 Å². The molecule has 0 bridgehead atoms. The summed E-state index contributed by atoms with van der Waals surface area (Å²) in [6.07, 6.45) is 6.46. The lowest BCUT2D eigenvalue weighted by molar-refractivity contribution is 0.0967. The van der Waals surface area contributed by atoms with Gasteiger partial charge in [0.2, 0.25) is 0 Å². The van der Waals surface area contributed by atoms with Crippen LogP contribution in [0.1, 0.15) is 44.6 Å². The average molecular weight is 387 g/mol. The summed E-state index contributed by atoms with van der Waals surface area (Å²) in [5.41, 5.74) is 1.40. The predicted molar refractivity (Wildman–Crippen MR) is 114 cm³/mol. The topological polar surface area (TPSA) is 24.9 Å². The number of fused-ring (bicyclic) bond motifs is 1. The minimum atomic E-state index is 0.802. The van der Waals surface area contributed by atoms with Gasteiger partial charge >= 0.3 is 0 Å². The van der Waals surface area contributed by atoms with Crippen molar-refractivity contribution in [2.24, 2.45) is 17.8 Å². The lowest BCUT2D eigenvalue weighted by atomic mass is 10.1. The molecule has 0 N–H and O–H groups in total. The Morgan fingerprint density at radius 2 is 1.68 bits per heavy atom. The van der Waals surface area contributed by atoms with E-state index in [0.29, 0.717) is 0 Å². The van der Waals surface area contributed by atoms with Crippen LogP contribution in [0.3, 0.4) is 0 Å². The van der Waals surface area contributed by atoms with Crippen molar-refractivity contribution in [2.75, 3.05) is 52.5 Å². The summed E-state index contributed by atoms with van der Waals surface area (Å²) >= 11 is 0. The quantitative estimate of drug-likeness (QED) is 0.536. The molecule has 4 nitrogen and oxygen atoms in total. The molecule has 28 heavy (non-hydrogen) atoms. The third-order valence-electron chi connectivity index (χ3n) is 6.77. The Bertz CT molecular complexity index is 573. The van der Waals surface area contributed by atoms with Gasteiger partial charge in [0, 0.05) is 32.8 Å². The van der Waals surface area contributed by atoms with E-state index >= 15 is 0 Å². The molecule has 3 aliphatic rings. The zero-order valence-corrected chi connectivity index (χ0v) is 17.7. The first-order valence-corrected chi connectivity index (χ1v) is 11.6. The number of piperidine rings is 2. The molecule has 0 radical (unpaired) electrons. The van der Waals surface area contributed by atoms with Crippen LogP contribution in [0.2, 0.25) is 0 Å². The largest absolute Gasteiger partial charge is 0.494 e. The maximum atomic E-state index is 6.02. The smallest absolute Gasteiger partial charge is 0.119 e. The molecule has 2 saturated heterocycles. The van der Waals surface area contributed by atoms with Gasteiger partial charge in [-0.15, -0.1) is 0 Å². The summed E-state index contributed by atoms with van der Waals surface area (Å²) in [5, 5.41) is 0. The van der Waals surface area contributed by atoms with Crippen molar-refractivity contribution in [2.45, 2.75) is 45.6 Å². The van der Waals surface area contributed by atoms with Crippen LogP contribution in [0.4, 0.5) is 0 Å². The zero-order chi connectivity index (χ0) is 19.2. The van der Waals surface area contributed by atoms with E-state index < -0.39 is 0 Å². The number of hydrogen-bond donors (Lipinski definition) is 0. The molecule has 1 aliphatic carbocycles. The summed E-state index contributed by atoms with van der Waals surface area (Å²) in [6.45, 7) is 12.3. The molecule has 4 rings (SSSR count). The minimum absolute atomic E-state index is 0.802. The number of hydrogen-bond acceptors (Lipinski definition) is 4. The molecular formula is C24H38N2O2. The maximum absolute atomic E-state index is 6.02. The SMILES string of the molecule is CCCOc1ccc(CN2CC3C(COCCCN4CCCCC4)C3C2)cc1. The molecule has 2 atom stereocenters. The monoisotopic (exact) mass is 386 g/mol. The van der Waals surface area contributed by atoms with Gasteiger partial charge in [-0.1, -0.05) is 25.5 Å². The van der Waals surface area contributed by atoms with Crippen molar-refractivity contribution in [1.82, 2.24) is 9.80 Å². The Balaban J connectivity index is 1.07. The van der Waals surface area contributed by atoms with E-state index in [9.17, 15) is 0 Å². The van der Waals surface area contributed by atoms with Crippen molar-refractivity contribution in [3.8, 4) is 5.75 Å². The van der Waals surface area contributed by atoms with E-state index in [0.717, 1.165) is 56.3 Å². The summed E-state index contributed by atoms with van der Waals surface area (Å²) < 4.78 is 11.7. The molecule has 1 saturated carbocycles. The molecule has 1 aromatic rings. The van der Waals surface area contributed by atoms with Crippen LogP contribution in [-0.4, -0.2) is 62.3 Å². The summed E-state index contributed by atoms with van der Waals surface area (Å²) in [4.78, 5) is 5.23. The van der Waals surface area contributed by atoms with Crippen molar-refractivity contribution in [3.63, 3.8) is 0 Å². The fourth-order valence-corrected chi connectivity index (χ4v) is 5.07. The number of ether oxygens (including phenoxy) is 2.